The van der Waals surface area contributed by atoms with Crippen molar-refractivity contribution >= 4 is 42.3 Å². The lowest BCUT2D eigenvalue weighted by Gasteiger charge is -2.32. The van der Waals surface area contributed by atoms with Crippen LogP contribution in [0.25, 0.3) is 0 Å². The predicted molar refractivity (Wildman–Crippen MR) is 78.4 cm³/mol. The van der Waals surface area contributed by atoms with Gasteiger partial charge in [-0.05, 0) is 12.1 Å². The topological polar surface area (TPSA) is 68.5 Å². The Morgan fingerprint density at radius 2 is 2.26 bits per heavy atom. The quantitative estimate of drug-likeness (QED) is 0.890. The van der Waals surface area contributed by atoms with Gasteiger partial charge in [0.2, 0.25) is 0 Å². The normalized spacial score (nSPS) is 18.2. The molecule has 1 aliphatic heterocycles. The average molecular weight is 329 g/mol. The summed E-state index contributed by atoms with van der Waals surface area (Å²) in [5.74, 6) is -0.108. The summed E-state index contributed by atoms with van der Waals surface area (Å²) in [4.78, 5) is 17.8. The summed E-state index contributed by atoms with van der Waals surface area (Å²) in [6, 6.07) is 3.28. The van der Waals surface area contributed by atoms with E-state index in [1.165, 1.54) is 6.20 Å². The van der Waals surface area contributed by atoms with Gasteiger partial charge < -0.3 is 15.4 Å². The van der Waals surface area contributed by atoms with Gasteiger partial charge in [-0.25, -0.2) is 4.98 Å². The van der Waals surface area contributed by atoms with Crippen molar-refractivity contribution in [2.45, 2.75) is 6.10 Å². The van der Waals surface area contributed by atoms with Gasteiger partial charge in [0, 0.05) is 25.8 Å². The van der Waals surface area contributed by atoms with Gasteiger partial charge in [0.15, 0.2) is 0 Å². The summed E-state index contributed by atoms with van der Waals surface area (Å²) in [5, 5.41) is 0.517. The first-order chi connectivity index (χ1) is 8.20. The number of carbonyl (C=O) groups is 1. The first-order valence-electron chi connectivity index (χ1n) is 5.43. The number of morpholine rings is 1. The van der Waals surface area contributed by atoms with Crippen molar-refractivity contribution in [1.29, 1.82) is 0 Å². The molecule has 2 N–H and O–H groups in total. The van der Waals surface area contributed by atoms with Crippen molar-refractivity contribution in [2.24, 2.45) is 5.73 Å². The third kappa shape index (κ3) is 4.78. The van der Waals surface area contributed by atoms with Crippen LogP contribution in [0.4, 0.5) is 0 Å². The van der Waals surface area contributed by atoms with Crippen LogP contribution in [0, 0.1) is 0 Å². The number of hydrogen-bond donors (Lipinski definition) is 1. The molecule has 5 nitrogen and oxygen atoms in total. The number of rotatable bonds is 2. The summed E-state index contributed by atoms with van der Waals surface area (Å²) in [5.41, 5.74) is 5.92. The van der Waals surface area contributed by atoms with E-state index in [-0.39, 0.29) is 36.8 Å². The summed E-state index contributed by atoms with van der Waals surface area (Å²) in [6.45, 7) is 2.01. The molecule has 1 atom stereocenters. The second kappa shape index (κ2) is 8.55. The molecule has 0 aliphatic carbocycles. The number of carbonyl (C=O) groups excluding carboxylic acids is 1. The second-order valence-corrected chi connectivity index (χ2v) is 4.28. The molecule has 0 radical (unpaired) electrons. The number of nitrogens with two attached hydrogens (primary N) is 1. The molecule has 2 rings (SSSR count). The molecule has 8 heteroatoms. The monoisotopic (exact) mass is 327 g/mol. The molecule has 0 aromatic carbocycles. The number of ether oxygens (including phenoxy) is 1. The Bertz CT molecular complexity index is 403. The van der Waals surface area contributed by atoms with Crippen molar-refractivity contribution in [2.75, 3.05) is 26.2 Å². The standard InChI is InChI=1S/C11H14ClN3O2.2ClH/c12-8-1-2-10(14-6-8)11(16)15-3-4-17-9(5-13)7-15;;/h1-2,6,9H,3-5,7,13H2;2*1H. The van der Waals surface area contributed by atoms with Crippen LogP contribution in [0.2, 0.25) is 5.02 Å². The Hall–Kier alpha value is -0.590. The van der Waals surface area contributed by atoms with Gasteiger partial charge in [0.25, 0.3) is 5.91 Å². The smallest absolute Gasteiger partial charge is 0.272 e. The van der Waals surface area contributed by atoms with Gasteiger partial charge in [0.05, 0.1) is 17.7 Å². The van der Waals surface area contributed by atoms with Crippen molar-refractivity contribution in [3.63, 3.8) is 0 Å². The molecule has 1 aromatic rings. The van der Waals surface area contributed by atoms with Crippen LogP contribution < -0.4 is 5.73 Å². The van der Waals surface area contributed by atoms with E-state index in [0.717, 1.165) is 0 Å². The summed E-state index contributed by atoms with van der Waals surface area (Å²) >= 11 is 5.72. The SMILES string of the molecule is Cl.Cl.NCC1CN(C(=O)c2ccc(Cl)cn2)CCO1. The number of nitrogens with zero attached hydrogens (tertiary/aromatic N) is 2. The molecule has 0 saturated carbocycles. The van der Waals surface area contributed by atoms with Gasteiger partial charge in [-0.3, -0.25) is 4.79 Å². The number of hydrogen-bond acceptors (Lipinski definition) is 4. The van der Waals surface area contributed by atoms with Crippen molar-refractivity contribution < 1.29 is 9.53 Å². The first kappa shape index (κ1) is 18.4. The Balaban J connectivity index is 0.00000162. The maximum atomic E-state index is 12.1. The minimum atomic E-state index is -0.108. The molecular weight excluding hydrogens is 312 g/mol. The van der Waals surface area contributed by atoms with Crippen molar-refractivity contribution in [3.8, 4) is 0 Å². The zero-order valence-electron chi connectivity index (χ0n) is 10.1. The lowest BCUT2D eigenvalue weighted by atomic mass is 10.2. The molecule has 108 valence electrons. The van der Waals surface area contributed by atoms with Crippen LogP contribution in [0.3, 0.4) is 0 Å². The molecule has 1 unspecified atom stereocenters. The molecule has 1 amide bonds. The Morgan fingerprint density at radius 1 is 1.53 bits per heavy atom. The van der Waals surface area contributed by atoms with Gasteiger partial charge >= 0.3 is 0 Å². The van der Waals surface area contributed by atoms with Gasteiger partial charge in [-0.2, -0.15) is 0 Å². The van der Waals surface area contributed by atoms with Gasteiger partial charge in [-0.15, -0.1) is 24.8 Å². The van der Waals surface area contributed by atoms with E-state index in [1.54, 1.807) is 17.0 Å². The lowest BCUT2D eigenvalue weighted by Crippen LogP contribution is -2.48. The number of aromatic nitrogens is 1. The Morgan fingerprint density at radius 3 is 2.84 bits per heavy atom. The maximum absolute atomic E-state index is 12.1. The lowest BCUT2D eigenvalue weighted by molar-refractivity contribution is -0.0169. The zero-order valence-corrected chi connectivity index (χ0v) is 12.5. The molecule has 19 heavy (non-hydrogen) atoms. The Kier molecular flexibility index (Phi) is 8.29. The van der Waals surface area contributed by atoms with E-state index >= 15 is 0 Å². The molecule has 0 bridgehead atoms. The van der Waals surface area contributed by atoms with Crippen LogP contribution in [0.15, 0.2) is 18.3 Å². The van der Waals surface area contributed by atoms with E-state index < -0.39 is 0 Å². The molecule has 1 aromatic heterocycles. The third-order valence-electron chi connectivity index (χ3n) is 2.64. The van der Waals surface area contributed by atoms with Crippen LogP contribution in [0.5, 0.6) is 0 Å². The second-order valence-electron chi connectivity index (χ2n) is 3.84. The third-order valence-corrected chi connectivity index (χ3v) is 2.86. The minimum absolute atomic E-state index is 0. The summed E-state index contributed by atoms with van der Waals surface area (Å²) in [6.07, 6.45) is 1.38. The highest BCUT2D eigenvalue weighted by molar-refractivity contribution is 6.30. The van der Waals surface area contributed by atoms with Gasteiger partial charge in [-0.1, -0.05) is 11.6 Å². The first-order valence-corrected chi connectivity index (χ1v) is 5.81. The van der Waals surface area contributed by atoms with E-state index in [1.807, 2.05) is 0 Å². The van der Waals surface area contributed by atoms with Crippen molar-refractivity contribution in [1.82, 2.24) is 9.88 Å². The highest BCUT2D eigenvalue weighted by Gasteiger charge is 2.24. The molecule has 1 fully saturated rings. The molecule has 1 saturated heterocycles. The molecule has 0 spiro atoms. The largest absolute Gasteiger partial charge is 0.373 e. The van der Waals surface area contributed by atoms with Crippen LogP contribution in [-0.4, -0.2) is 48.1 Å². The summed E-state index contributed by atoms with van der Waals surface area (Å²) < 4.78 is 5.40. The van der Waals surface area contributed by atoms with Crippen LogP contribution >= 0.6 is 36.4 Å². The van der Waals surface area contributed by atoms with Gasteiger partial charge in [0.1, 0.15) is 5.69 Å². The number of amides is 1. The average Bonchev–Trinajstić information content (AvgIpc) is 2.39. The highest BCUT2D eigenvalue weighted by Crippen LogP contribution is 2.11. The maximum Gasteiger partial charge on any atom is 0.272 e. The molecule has 1 aliphatic rings. The predicted octanol–water partition coefficient (Wildman–Crippen LogP) is 1.38. The number of pyridine rings is 1. The highest BCUT2D eigenvalue weighted by atomic mass is 35.5. The molecule has 2 heterocycles. The minimum Gasteiger partial charge on any atom is -0.373 e. The zero-order chi connectivity index (χ0) is 12.3. The Labute approximate surface area is 129 Å². The number of halogens is 3. The van der Waals surface area contributed by atoms with Crippen molar-refractivity contribution in [3.05, 3.63) is 29.0 Å². The van der Waals surface area contributed by atoms with E-state index in [0.29, 0.717) is 37.0 Å². The fourth-order valence-electron chi connectivity index (χ4n) is 1.71. The van der Waals surface area contributed by atoms with E-state index in [4.69, 9.17) is 22.1 Å². The fourth-order valence-corrected chi connectivity index (χ4v) is 1.82. The van der Waals surface area contributed by atoms with E-state index in [2.05, 4.69) is 4.98 Å². The molecular formula is C11H16Cl3N3O2. The fraction of sp³-hybridized carbons (Fsp3) is 0.455. The van der Waals surface area contributed by atoms with Crippen LogP contribution in [-0.2, 0) is 4.74 Å². The van der Waals surface area contributed by atoms with Crippen LogP contribution in [0.1, 0.15) is 10.5 Å². The van der Waals surface area contributed by atoms with E-state index in [9.17, 15) is 4.79 Å². The summed E-state index contributed by atoms with van der Waals surface area (Å²) in [7, 11) is 0.